The van der Waals surface area contributed by atoms with Gasteiger partial charge in [0, 0.05) is 28.2 Å². The Kier molecular flexibility index (Phi) is 4.87. The number of aldehydes is 1. The molecule has 0 unspecified atom stereocenters. The summed E-state index contributed by atoms with van der Waals surface area (Å²) < 4.78 is 2.57. The molecule has 1 rings (SSSR count). The highest BCUT2D eigenvalue weighted by Crippen LogP contribution is 2.33. The third kappa shape index (κ3) is 2.76. The number of rotatable bonds is 6. The van der Waals surface area contributed by atoms with Crippen LogP contribution in [0.4, 0.5) is 0 Å². The van der Waals surface area contributed by atoms with E-state index in [-0.39, 0.29) is 4.75 Å². The average molecular weight is 253 g/mol. The minimum absolute atomic E-state index is 0.286. The van der Waals surface area contributed by atoms with Gasteiger partial charge in [-0.1, -0.05) is 13.8 Å². The van der Waals surface area contributed by atoms with E-state index in [2.05, 4.69) is 31.6 Å². The van der Waals surface area contributed by atoms with Crippen molar-refractivity contribution in [3.05, 3.63) is 23.0 Å². The van der Waals surface area contributed by atoms with Gasteiger partial charge in [0.2, 0.25) is 0 Å². The van der Waals surface area contributed by atoms with Crippen LogP contribution in [0.1, 0.15) is 48.4 Å². The molecule has 96 valence electrons. The van der Waals surface area contributed by atoms with Crippen molar-refractivity contribution in [1.82, 2.24) is 4.57 Å². The van der Waals surface area contributed by atoms with Gasteiger partial charge in [-0.2, -0.15) is 11.8 Å². The van der Waals surface area contributed by atoms with Gasteiger partial charge in [0.25, 0.3) is 0 Å². The summed E-state index contributed by atoms with van der Waals surface area (Å²) in [6.07, 6.45) is 5.44. The van der Waals surface area contributed by atoms with Crippen molar-refractivity contribution < 1.29 is 4.79 Å². The van der Waals surface area contributed by atoms with Gasteiger partial charge >= 0.3 is 0 Å². The Bertz CT molecular complexity index is 383. The Hall–Kier alpha value is -0.700. The largest absolute Gasteiger partial charge is 0.347 e. The van der Waals surface area contributed by atoms with E-state index < -0.39 is 0 Å². The summed E-state index contributed by atoms with van der Waals surface area (Å²) in [4.78, 5) is 10.9. The molecule has 2 nitrogen and oxygen atoms in total. The fourth-order valence-corrected chi connectivity index (χ4v) is 3.14. The van der Waals surface area contributed by atoms with Crippen molar-refractivity contribution >= 4 is 18.0 Å². The molecule has 0 N–H and O–H groups in total. The Labute approximate surface area is 109 Å². The number of nitrogens with zero attached hydrogens (tertiary/aromatic N) is 1. The molecule has 0 saturated carbocycles. The van der Waals surface area contributed by atoms with Crippen LogP contribution in [-0.2, 0) is 6.54 Å². The van der Waals surface area contributed by atoms with Crippen molar-refractivity contribution in [2.24, 2.45) is 0 Å². The van der Waals surface area contributed by atoms with E-state index in [4.69, 9.17) is 0 Å². The van der Waals surface area contributed by atoms with Gasteiger partial charge < -0.3 is 4.57 Å². The van der Waals surface area contributed by atoms with E-state index in [1.54, 1.807) is 0 Å². The molecule has 0 saturated heterocycles. The number of carbonyl (C=O) groups is 1. The molecular formula is C14H23NOS. The Morgan fingerprint density at radius 3 is 2.29 bits per heavy atom. The van der Waals surface area contributed by atoms with Crippen LogP contribution in [0.3, 0.4) is 0 Å². The molecule has 0 aliphatic rings. The lowest BCUT2D eigenvalue weighted by Gasteiger charge is -2.31. The van der Waals surface area contributed by atoms with Gasteiger partial charge in [0.05, 0.1) is 0 Å². The van der Waals surface area contributed by atoms with Gasteiger partial charge in [0.15, 0.2) is 6.29 Å². The molecule has 0 spiro atoms. The molecule has 0 aliphatic heterocycles. The zero-order chi connectivity index (χ0) is 13.1. The van der Waals surface area contributed by atoms with Crippen molar-refractivity contribution in [2.45, 2.75) is 51.8 Å². The first-order valence-corrected chi connectivity index (χ1v) is 7.43. The number of hydrogen-bond donors (Lipinski definition) is 0. The van der Waals surface area contributed by atoms with E-state index in [0.29, 0.717) is 0 Å². The predicted molar refractivity (Wildman–Crippen MR) is 76.1 cm³/mol. The first-order valence-electron chi connectivity index (χ1n) is 6.20. The molecule has 3 heteroatoms. The van der Waals surface area contributed by atoms with E-state index in [0.717, 1.165) is 36.9 Å². The third-order valence-electron chi connectivity index (χ3n) is 3.91. The van der Waals surface area contributed by atoms with Gasteiger partial charge in [-0.05, 0) is 39.0 Å². The van der Waals surface area contributed by atoms with E-state index >= 15 is 0 Å². The van der Waals surface area contributed by atoms with E-state index in [1.807, 2.05) is 24.8 Å². The molecule has 1 aromatic rings. The molecule has 0 amide bonds. The van der Waals surface area contributed by atoms with Crippen LogP contribution in [0.15, 0.2) is 6.07 Å². The quantitative estimate of drug-likeness (QED) is 0.719. The fourth-order valence-electron chi connectivity index (χ4n) is 2.31. The maximum Gasteiger partial charge on any atom is 0.151 e. The van der Waals surface area contributed by atoms with Crippen molar-refractivity contribution in [2.75, 3.05) is 6.26 Å². The SMILES string of the molecule is CCC(CC)(Cn1c(C)cc(C=O)c1C)SC. The fraction of sp³-hybridized carbons (Fsp3) is 0.643. The summed E-state index contributed by atoms with van der Waals surface area (Å²) >= 11 is 1.94. The van der Waals surface area contributed by atoms with Crippen molar-refractivity contribution in [1.29, 1.82) is 0 Å². The predicted octanol–water partition coefficient (Wildman–Crippen LogP) is 3.84. The van der Waals surface area contributed by atoms with Gasteiger partial charge in [0.1, 0.15) is 0 Å². The topological polar surface area (TPSA) is 22.0 Å². The smallest absolute Gasteiger partial charge is 0.151 e. The number of thioether (sulfide) groups is 1. The number of aryl methyl sites for hydroxylation is 1. The highest BCUT2D eigenvalue weighted by atomic mass is 32.2. The standard InChI is InChI=1S/C14H23NOS/c1-6-14(7-2,17-5)10-15-11(3)8-13(9-16)12(15)4/h8-9H,6-7,10H2,1-5H3. The first kappa shape index (κ1) is 14.4. The summed E-state index contributed by atoms with van der Waals surface area (Å²) in [5.74, 6) is 0. The normalized spacial score (nSPS) is 11.8. The average Bonchev–Trinajstić information content (AvgIpc) is 2.62. The molecule has 1 aromatic heterocycles. The summed E-state index contributed by atoms with van der Waals surface area (Å²) in [6.45, 7) is 9.60. The molecule has 17 heavy (non-hydrogen) atoms. The molecule has 0 aliphatic carbocycles. The molecule has 0 fully saturated rings. The molecule has 1 heterocycles. The highest BCUT2D eigenvalue weighted by Gasteiger charge is 2.26. The lowest BCUT2D eigenvalue weighted by molar-refractivity contribution is 0.112. The molecule has 0 radical (unpaired) electrons. The minimum atomic E-state index is 0.286. The summed E-state index contributed by atoms with van der Waals surface area (Å²) in [5, 5.41) is 0. The van der Waals surface area contributed by atoms with Crippen LogP contribution >= 0.6 is 11.8 Å². The lowest BCUT2D eigenvalue weighted by atomic mass is 10.0. The zero-order valence-corrected chi connectivity index (χ0v) is 12.4. The maximum absolute atomic E-state index is 10.9. The Morgan fingerprint density at radius 1 is 1.35 bits per heavy atom. The van der Waals surface area contributed by atoms with Gasteiger partial charge in [-0.3, -0.25) is 4.79 Å². The molecule has 0 aromatic carbocycles. The first-order chi connectivity index (χ1) is 8.03. The van der Waals surface area contributed by atoms with E-state index in [9.17, 15) is 4.79 Å². The van der Waals surface area contributed by atoms with Gasteiger partial charge in [-0.15, -0.1) is 0 Å². The van der Waals surface area contributed by atoms with Gasteiger partial charge in [-0.25, -0.2) is 0 Å². The minimum Gasteiger partial charge on any atom is -0.347 e. The Balaban J connectivity index is 3.09. The second-order valence-electron chi connectivity index (χ2n) is 4.62. The molecule has 0 bridgehead atoms. The monoisotopic (exact) mass is 253 g/mol. The van der Waals surface area contributed by atoms with Crippen LogP contribution in [0.25, 0.3) is 0 Å². The van der Waals surface area contributed by atoms with E-state index in [1.165, 1.54) is 5.69 Å². The second kappa shape index (κ2) is 5.76. The third-order valence-corrected chi connectivity index (χ3v) is 5.48. The molecular weight excluding hydrogens is 230 g/mol. The number of hydrogen-bond acceptors (Lipinski definition) is 2. The van der Waals surface area contributed by atoms with Crippen molar-refractivity contribution in [3.63, 3.8) is 0 Å². The summed E-state index contributed by atoms with van der Waals surface area (Å²) in [5.41, 5.74) is 3.10. The van der Waals surface area contributed by atoms with Crippen LogP contribution in [0.2, 0.25) is 0 Å². The Morgan fingerprint density at radius 2 is 1.94 bits per heavy atom. The van der Waals surface area contributed by atoms with Crippen LogP contribution in [0.5, 0.6) is 0 Å². The second-order valence-corrected chi connectivity index (χ2v) is 5.90. The van der Waals surface area contributed by atoms with Crippen LogP contribution < -0.4 is 0 Å². The maximum atomic E-state index is 10.9. The van der Waals surface area contributed by atoms with Crippen LogP contribution in [-0.4, -0.2) is 21.9 Å². The number of aromatic nitrogens is 1. The highest BCUT2D eigenvalue weighted by molar-refractivity contribution is 8.00. The summed E-state index contributed by atoms with van der Waals surface area (Å²) in [7, 11) is 0. The summed E-state index contributed by atoms with van der Waals surface area (Å²) in [6, 6.07) is 1.98. The van der Waals surface area contributed by atoms with Crippen LogP contribution in [0, 0.1) is 13.8 Å². The lowest BCUT2D eigenvalue weighted by Crippen LogP contribution is -2.29. The van der Waals surface area contributed by atoms with Crippen molar-refractivity contribution in [3.8, 4) is 0 Å². The number of carbonyl (C=O) groups excluding carboxylic acids is 1. The zero-order valence-electron chi connectivity index (χ0n) is 11.5. The molecule has 0 atom stereocenters.